The van der Waals surface area contributed by atoms with Crippen molar-refractivity contribution < 1.29 is 0 Å². The predicted octanol–water partition coefficient (Wildman–Crippen LogP) is 16.1. The minimum atomic E-state index is 0.380. The maximum Gasteiger partial charge on any atom is 0.0546 e. The first-order valence-electron chi connectivity index (χ1n) is 19.9. The molecule has 0 spiro atoms. The monoisotopic (exact) mass is 776 g/mol. The van der Waals surface area contributed by atoms with E-state index in [1.165, 1.54) is 74.3 Å². The van der Waals surface area contributed by atoms with Gasteiger partial charge in [-0.05, 0) is 106 Å². The Labute approximate surface area is 345 Å². The third-order valence-corrected chi connectivity index (χ3v) is 14.4. The molecule has 9 aromatic carbocycles. The van der Waals surface area contributed by atoms with Crippen LogP contribution in [0.1, 0.15) is 11.5 Å². The standard InChI is InChI=1S/C54H36N2S2/c1-3-15-35(16-4-1)55(37-27-29-53-47(31-37)43-23-11-13-25-51(43)57-53)49-33-45-40-20-8-10-22-42(40)50(34-46(45)39-19-7-9-21-41(39)49)56(36-17-5-2-6-18-36)38-28-30-54-48(32-38)44-24-12-14-26-52(44)58-54/h1-34,43,51H. The van der Waals surface area contributed by atoms with Gasteiger partial charge in [0.2, 0.25) is 0 Å². The van der Waals surface area contributed by atoms with E-state index in [2.05, 4.69) is 216 Å². The molecule has 274 valence electrons. The van der Waals surface area contributed by atoms with E-state index in [9.17, 15) is 0 Å². The number of hydrogen-bond donors (Lipinski definition) is 0. The lowest BCUT2D eigenvalue weighted by molar-refractivity contribution is 0.880. The molecule has 2 heterocycles. The number of thiophene rings is 1. The van der Waals surface area contributed by atoms with Crippen molar-refractivity contribution in [3.63, 3.8) is 0 Å². The van der Waals surface area contributed by atoms with Gasteiger partial charge in [0, 0.05) is 69.8 Å². The third kappa shape index (κ3) is 5.33. The van der Waals surface area contributed by atoms with Crippen LogP contribution in [0.2, 0.25) is 0 Å². The molecule has 58 heavy (non-hydrogen) atoms. The fraction of sp³-hybridized carbons (Fsp3) is 0.0370. The van der Waals surface area contributed by atoms with Gasteiger partial charge in [-0.2, -0.15) is 0 Å². The van der Waals surface area contributed by atoms with Gasteiger partial charge in [-0.25, -0.2) is 0 Å². The summed E-state index contributed by atoms with van der Waals surface area (Å²) in [5, 5.41) is 10.4. The van der Waals surface area contributed by atoms with Crippen LogP contribution < -0.4 is 9.80 Å². The number of thioether (sulfide) groups is 1. The molecule has 12 rings (SSSR count). The fourth-order valence-electron chi connectivity index (χ4n) is 9.31. The van der Waals surface area contributed by atoms with Crippen molar-refractivity contribution in [2.45, 2.75) is 16.1 Å². The SMILES string of the molecule is C1=CC2Sc3ccc(N(c4ccccc4)c4cc5c6ccccc6c(N(c6ccccc6)c6ccc7sc8ccccc8c7c6)cc5c5ccccc45)cc3C2C=C1. The zero-order valence-electron chi connectivity index (χ0n) is 31.5. The van der Waals surface area contributed by atoms with Gasteiger partial charge in [0.15, 0.2) is 0 Å². The summed E-state index contributed by atoms with van der Waals surface area (Å²) in [6.07, 6.45) is 9.11. The molecule has 0 bridgehead atoms. The summed E-state index contributed by atoms with van der Waals surface area (Å²) in [5.74, 6) is 0.380. The van der Waals surface area contributed by atoms with Crippen LogP contribution in [0.3, 0.4) is 0 Å². The van der Waals surface area contributed by atoms with Crippen molar-refractivity contribution in [1.29, 1.82) is 0 Å². The van der Waals surface area contributed by atoms with Crippen LogP contribution in [0.5, 0.6) is 0 Å². The molecule has 1 aromatic heterocycles. The molecule has 0 amide bonds. The number of anilines is 6. The topological polar surface area (TPSA) is 6.48 Å². The normalized spacial score (nSPS) is 15.7. The van der Waals surface area contributed by atoms with E-state index in [0.717, 1.165) is 22.7 Å². The second-order valence-corrected chi connectivity index (χ2v) is 17.5. The lowest BCUT2D eigenvalue weighted by Crippen LogP contribution is -2.12. The van der Waals surface area contributed by atoms with E-state index in [4.69, 9.17) is 0 Å². The van der Waals surface area contributed by atoms with Crippen molar-refractivity contribution in [3.8, 4) is 0 Å². The molecule has 10 aromatic rings. The average Bonchev–Trinajstić information content (AvgIpc) is 3.85. The Hall–Kier alpha value is -6.59. The third-order valence-electron chi connectivity index (χ3n) is 11.9. The largest absolute Gasteiger partial charge is 0.310 e. The van der Waals surface area contributed by atoms with Crippen LogP contribution in [-0.4, -0.2) is 5.25 Å². The number of allylic oxidation sites excluding steroid dienone is 3. The van der Waals surface area contributed by atoms with E-state index in [0.29, 0.717) is 11.2 Å². The molecule has 0 saturated carbocycles. The summed E-state index contributed by atoms with van der Waals surface area (Å²) in [6, 6.07) is 67.4. The van der Waals surface area contributed by atoms with Gasteiger partial charge in [0.05, 0.1) is 11.4 Å². The molecule has 1 aliphatic heterocycles. The highest BCUT2D eigenvalue weighted by Crippen LogP contribution is 2.52. The van der Waals surface area contributed by atoms with Crippen molar-refractivity contribution in [2.75, 3.05) is 9.80 Å². The number of nitrogens with zero attached hydrogens (tertiary/aromatic N) is 2. The predicted molar refractivity (Wildman–Crippen MR) is 252 cm³/mol. The van der Waals surface area contributed by atoms with Crippen molar-refractivity contribution in [2.24, 2.45) is 0 Å². The van der Waals surface area contributed by atoms with Gasteiger partial charge >= 0.3 is 0 Å². The molecular weight excluding hydrogens is 741 g/mol. The number of para-hydroxylation sites is 2. The van der Waals surface area contributed by atoms with E-state index in [1.54, 1.807) is 0 Å². The lowest BCUT2D eigenvalue weighted by atomic mass is 9.91. The first-order valence-corrected chi connectivity index (χ1v) is 21.6. The highest BCUT2D eigenvalue weighted by molar-refractivity contribution is 8.00. The zero-order valence-corrected chi connectivity index (χ0v) is 33.1. The molecule has 0 radical (unpaired) electrons. The lowest BCUT2D eigenvalue weighted by Gasteiger charge is -2.30. The first-order chi connectivity index (χ1) is 28.8. The van der Waals surface area contributed by atoms with Crippen molar-refractivity contribution in [3.05, 3.63) is 212 Å². The van der Waals surface area contributed by atoms with Gasteiger partial charge in [0.25, 0.3) is 0 Å². The number of benzene rings is 9. The molecule has 2 aliphatic rings. The van der Waals surface area contributed by atoms with E-state index in [1.807, 2.05) is 23.1 Å². The molecule has 4 heteroatoms. The Morgan fingerprint density at radius 2 is 0.879 bits per heavy atom. The molecule has 2 atom stereocenters. The summed E-state index contributed by atoms with van der Waals surface area (Å²) in [7, 11) is 0. The highest BCUT2D eigenvalue weighted by Gasteiger charge is 2.32. The Balaban J connectivity index is 1.12. The Kier molecular flexibility index (Phi) is 7.82. The van der Waals surface area contributed by atoms with Crippen LogP contribution in [0, 0.1) is 0 Å². The smallest absolute Gasteiger partial charge is 0.0546 e. The summed E-state index contributed by atoms with van der Waals surface area (Å²) >= 11 is 3.84. The zero-order chi connectivity index (χ0) is 38.2. The molecule has 0 saturated heterocycles. The minimum Gasteiger partial charge on any atom is -0.310 e. The molecule has 2 nitrogen and oxygen atoms in total. The molecular formula is C54H36N2S2. The van der Waals surface area contributed by atoms with Gasteiger partial charge < -0.3 is 9.80 Å². The van der Waals surface area contributed by atoms with Crippen molar-refractivity contribution >= 4 is 110 Å². The molecule has 0 fully saturated rings. The summed E-state index contributed by atoms with van der Waals surface area (Å²) in [5.41, 5.74) is 8.32. The van der Waals surface area contributed by atoms with E-state index < -0.39 is 0 Å². The maximum absolute atomic E-state index is 2.47. The molecule has 2 unspecified atom stereocenters. The van der Waals surface area contributed by atoms with Crippen LogP contribution >= 0.6 is 23.1 Å². The summed E-state index contributed by atoms with van der Waals surface area (Å²) in [6.45, 7) is 0. The highest BCUT2D eigenvalue weighted by atomic mass is 32.2. The van der Waals surface area contributed by atoms with Gasteiger partial charge in [-0.15, -0.1) is 23.1 Å². The van der Waals surface area contributed by atoms with E-state index >= 15 is 0 Å². The first kappa shape index (κ1) is 33.5. The minimum absolute atomic E-state index is 0.380. The number of hydrogen-bond acceptors (Lipinski definition) is 4. The van der Waals surface area contributed by atoms with Crippen LogP contribution in [-0.2, 0) is 0 Å². The quantitative estimate of drug-likeness (QED) is 0.155. The van der Waals surface area contributed by atoms with Gasteiger partial charge in [-0.3, -0.25) is 0 Å². The summed E-state index contributed by atoms with van der Waals surface area (Å²) < 4.78 is 2.62. The van der Waals surface area contributed by atoms with Gasteiger partial charge in [-0.1, -0.05) is 127 Å². The number of rotatable bonds is 6. The second kappa shape index (κ2) is 13.5. The maximum atomic E-state index is 2.47. The van der Waals surface area contributed by atoms with Crippen LogP contribution in [0.4, 0.5) is 34.1 Å². The summed E-state index contributed by atoms with van der Waals surface area (Å²) in [4.78, 5) is 6.30. The van der Waals surface area contributed by atoms with E-state index in [-0.39, 0.29) is 0 Å². The Morgan fingerprint density at radius 1 is 0.362 bits per heavy atom. The Morgan fingerprint density at radius 3 is 1.53 bits per heavy atom. The van der Waals surface area contributed by atoms with Crippen LogP contribution in [0.25, 0.3) is 52.5 Å². The molecule has 0 N–H and O–H groups in total. The Bertz CT molecular complexity index is 3290. The average molecular weight is 777 g/mol. The fourth-order valence-corrected chi connectivity index (χ4v) is 11.7. The van der Waals surface area contributed by atoms with Crippen LogP contribution in [0.15, 0.2) is 211 Å². The molecule has 1 aliphatic carbocycles. The number of fused-ring (bicyclic) bond motifs is 11. The van der Waals surface area contributed by atoms with Crippen molar-refractivity contribution in [1.82, 2.24) is 0 Å². The second-order valence-electron chi connectivity index (χ2n) is 15.2. The van der Waals surface area contributed by atoms with Gasteiger partial charge in [0.1, 0.15) is 0 Å².